The smallest absolute Gasteiger partial charge is 0.243 e. The van der Waals surface area contributed by atoms with Crippen LogP contribution in [0.1, 0.15) is 18.1 Å². The van der Waals surface area contributed by atoms with Crippen molar-refractivity contribution in [2.24, 2.45) is 7.05 Å². The second kappa shape index (κ2) is 8.01. The molecule has 27 heavy (non-hydrogen) atoms. The molecule has 2 aromatic rings. The molecule has 1 heterocycles. The maximum atomic E-state index is 12.4. The SMILES string of the molecule is Cc1cccc(NC(=O)CS(=O)(=O)C(C)C(=O)Nc2c(C#N)cnn2C)c1. The van der Waals surface area contributed by atoms with Gasteiger partial charge in [-0.2, -0.15) is 10.4 Å². The van der Waals surface area contributed by atoms with E-state index in [1.165, 1.54) is 24.9 Å². The van der Waals surface area contributed by atoms with Crippen LogP contribution in [0.2, 0.25) is 0 Å². The summed E-state index contributed by atoms with van der Waals surface area (Å²) in [5.74, 6) is -2.34. The summed E-state index contributed by atoms with van der Waals surface area (Å²) in [4.78, 5) is 24.3. The van der Waals surface area contributed by atoms with Crippen LogP contribution in [0.4, 0.5) is 11.5 Å². The monoisotopic (exact) mass is 389 g/mol. The van der Waals surface area contributed by atoms with Crippen molar-refractivity contribution in [3.63, 3.8) is 0 Å². The Hall–Kier alpha value is -3.19. The zero-order valence-corrected chi connectivity index (χ0v) is 15.9. The summed E-state index contributed by atoms with van der Waals surface area (Å²) in [6.07, 6.45) is 1.25. The van der Waals surface area contributed by atoms with Gasteiger partial charge in [-0.05, 0) is 31.5 Å². The van der Waals surface area contributed by atoms with Gasteiger partial charge in [-0.1, -0.05) is 12.1 Å². The summed E-state index contributed by atoms with van der Waals surface area (Å²) in [7, 11) is -2.56. The van der Waals surface area contributed by atoms with Gasteiger partial charge in [0.05, 0.1) is 6.20 Å². The average molecular weight is 389 g/mol. The summed E-state index contributed by atoms with van der Waals surface area (Å²) in [6, 6.07) is 8.76. The van der Waals surface area contributed by atoms with Gasteiger partial charge in [0.1, 0.15) is 28.5 Å². The van der Waals surface area contributed by atoms with Crippen molar-refractivity contribution in [3.05, 3.63) is 41.6 Å². The van der Waals surface area contributed by atoms with E-state index < -0.39 is 32.7 Å². The Morgan fingerprint density at radius 1 is 1.33 bits per heavy atom. The Labute approximate surface area is 156 Å². The minimum absolute atomic E-state index is 0.0914. The van der Waals surface area contributed by atoms with Crippen molar-refractivity contribution in [2.45, 2.75) is 19.1 Å². The third kappa shape index (κ3) is 4.92. The predicted octanol–water partition coefficient (Wildman–Crippen LogP) is 0.981. The van der Waals surface area contributed by atoms with Crippen molar-refractivity contribution >= 4 is 33.2 Å². The van der Waals surface area contributed by atoms with Gasteiger partial charge in [0.15, 0.2) is 9.84 Å². The van der Waals surface area contributed by atoms with Gasteiger partial charge in [0, 0.05) is 12.7 Å². The van der Waals surface area contributed by atoms with Crippen molar-refractivity contribution < 1.29 is 18.0 Å². The number of benzene rings is 1. The number of amides is 2. The van der Waals surface area contributed by atoms with Gasteiger partial charge in [0.25, 0.3) is 0 Å². The molecule has 0 saturated carbocycles. The standard InChI is InChI=1S/C17H19N5O4S/c1-11-5-4-6-14(7-11)20-15(23)10-27(25,26)12(2)17(24)21-16-13(8-18)9-19-22(16)3/h4-7,9,12H,10H2,1-3H3,(H,20,23)(H,21,24). The number of hydrogen-bond donors (Lipinski definition) is 2. The highest BCUT2D eigenvalue weighted by Gasteiger charge is 2.31. The van der Waals surface area contributed by atoms with Crippen LogP contribution < -0.4 is 10.6 Å². The molecule has 0 saturated heterocycles. The van der Waals surface area contributed by atoms with Gasteiger partial charge >= 0.3 is 0 Å². The predicted molar refractivity (Wildman–Crippen MR) is 99.6 cm³/mol. The molecule has 2 rings (SSSR count). The van der Waals surface area contributed by atoms with Crippen molar-refractivity contribution in [1.82, 2.24) is 9.78 Å². The summed E-state index contributed by atoms with van der Waals surface area (Å²) < 4.78 is 26.0. The van der Waals surface area contributed by atoms with Gasteiger partial charge in [-0.15, -0.1) is 0 Å². The molecule has 0 fully saturated rings. The topological polar surface area (TPSA) is 134 Å². The zero-order chi connectivity index (χ0) is 20.2. The number of hydrogen-bond acceptors (Lipinski definition) is 6. The number of sulfone groups is 1. The van der Waals surface area contributed by atoms with Gasteiger partial charge in [-0.3, -0.25) is 14.3 Å². The number of carbonyl (C=O) groups is 2. The van der Waals surface area contributed by atoms with E-state index in [1.54, 1.807) is 18.2 Å². The minimum atomic E-state index is -4.06. The lowest BCUT2D eigenvalue weighted by atomic mass is 10.2. The summed E-state index contributed by atoms with van der Waals surface area (Å²) >= 11 is 0. The highest BCUT2D eigenvalue weighted by atomic mass is 32.2. The molecule has 1 aromatic heterocycles. The molecule has 0 spiro atoms. The molecular weight excluding hydrogens is 370 g/mol. The highest BCUT2D eigenvalue weighted by molar-refractivity contribution is 7.93. The second-order valence-corrected chi connectivity index (χ2v) is 8.32. The molecule has 10 heteroatoms. The van der Waals surface area contributed by atoms with E-state index in [0.717, 1.165) is 5.56 Å². The summed E-state index contributed by atoms with van der Waals surface area (Å²) in [6.45, 7) is 3.03. The number of anilines is 2. The average Bonchev–Trinajstić information content (AvgIpc) is 2.93. The lowest BCUT2D eigenvalue weighted by Crippen LogP contribution is -2.37. The largest absolute Gasteiger partial charge is 0.325 e. The Morgan fingerprint density at radius 3 is 2.67 bits per heavy atom. The van der Waals surface area contributed by atoms with E-state index in [4.69, 9.17) is 5.26 Å². The normalized spacial score (nSPS) is 12.1. The first-order valence-corrected chi connectivity index (χ1v) is 9.66. The molecule has 1 aromatic carbocycles. The molecular formula is C17H19N5O4S. The molecule has 2 amide bonds. The van der Waals surface area contributed by atoms with E-state index in [0.29, 0.717) is 5.69 Å². The Bertz CT molecular complexity index is 1020. The molecule has 0 radical (unpaired) electrons. The van der Waals surface area contributed by atoms with Crippen LogP contribution in [0.5, 0.6) is 0 Å². The lowest BCUT2D eigenvalue weighted by Gasteiger charge is -2.14. The Balaban J connectivity index is 2.06. The number of nitrogens with one attached hydrogen (secondary N) is 2. The van der Waals surface area contributed by atoms with Crippen LogP contribution in [-0.2, 0) is 26.5 Å². The maximum absolute atomic E-state index is 12.4. The van der Waals surface area contributed by atoms with Crippen LogP contribution in [0, 0.1) is 18.3 Å². The Morgan fingerprint density at radius 2 is 2.04 bits per heavy atom. The van der Waals surface area contributed by atoms with E-state index in [-0.39, 0.29) is 11.4 Å². The van der Waals surface area contributed by atoms with Crippen LogP contribution >= 0.6 is 0 Å². The molecule has 0 bridgehead atoms. The van der Waals surface area contributed by atoms with Crippen molar-refractivity contribution in [3.8, 4) is 6.07 Å². The maximum Gasteiger partial charge on any atom is 0.243 e. The highest BCUT2D eigenvalue weighted by Crippen LogP contribution is 2.15. The van der Waals surface area contributed by atoms with Crippen molar-refractivity contribution in [1.29, 1.82) is 5.26 Å². The first-order chi connectivity index (χ1) is 12.6. The quantitative estimate of drug-likeness (QED) is 0.756. The fourth-order valence-corrected chi connectivity index (χ4v) is 3.35. The van der Waals surface area contributed by atoms with Crippen molar-refractivity contribution in [2.75, 3.05) is 16.4 Å². The van der Waals surface area contributed by atoms with Gasteiger partial charge in [-0.25, -0.2) is 8.42 Å². The minimum Gasteiger partial charge on any atom is -0.325 e. The van der Waals surface area contributed by atoms with Crippen LogP contribution in [0.15, 0.2) is 30.5 Å². The lowest BCUT2D eigenvalue weighted by molar-refractivity contribution is -0.115. The first-order valence-electron chi connectivity index (χ1n) is 7.95. The molecule has 0 aliphatic heterocycles. The van der Waals surface area contributed by atoms with E-state index in [2.05, 4.69) is 15.7 Å². The Kier molecular flexibility index (Phi) is 5.97. The third-order valence-corrected chi connectivity index (χ3v) is 5.80. The number of nitriles is 1. The van der Waals surface area contributed by atoms with Gasteiger partial charge in [0.2, 0.25) is 11.8 Å². The summed E-state index contributed by atoms with van der Waals surface area (Å²) in [5, 5.41) is 16.2. The number of rotatable bonds is 6. The molecule has 0 aliphatic carbocycles. The zero-order valence-electron chi connectivity index (χ0n) is 15.1. The first kappa shape index (κ1) is 20.1. The molecule has 1 atom stereocenters. The van der Waals surface area contributed by atoms with E-state index in [9.17, 15) is 18.0 Å². The molecule has 142 valence electrons. The number of aryl methyl sites for hydroxylation is 2. The molecule has 0 aliphatic rings. The second-order valence-electron chi connectivity index (χ2n) is 6.00. The van der Waals surface area contributed by atoms with Crippen LogP contribution in [0.25, 0.3) is 0 Å². The number of aromatic nitrogens is 2. The molecule has 9 nitrogen and oxygen atoms in total. The number of nitrogens with zero attached hydrogens (tertiary/aromatic N) is 3. The third-order valence-electron chi connectivity index (χ3n) is 3.84. The van der Waals surface area contributed by atoms with E-state index in [1.807, 2.05) is 19.1 Å². The fraction of sp³-hybridized carbons (Fsp3) is 0.294. The molecule has 1 unspecified atom stereocenters. The van der Waals surface area contributed by atoms with Crippen LogP contribution in [0.3, 0.4) is 0 Å². The molecule has 2 N–H and O–H groups in total. The summed E-state index contributed by atoms with van der Waals surface area (Å²) in [5.41, 5.74) is 1.49. The van der Waals surface area contributed by atoms with Crippen LogP contribution in [-0.4, -0.2) is 41.0 Å². The van der Waals surface area contributed by atoms with E-state index >= 15 is 0 Å². The fourth-order valence-electron chi connectivity index (χ4n) is 2.28. The number of carbonyl (C=O) groups excluding carboxylic acids is 2. The van der Waals surface area contributed by atoms with Gasteiger partial charge < -0.3 is 10.6 Å².